The maximum Gasteiger partial charge on any atom is 0.352 e. The molecule has 0 saturated carbocycles. The fraction of sp³-hybridized carbons (Fsp3) is 0.100. The normalized spacial score (nSPS) is 10.5. The quantitative estimate of drug-likeness (QED) is 0.881. The lowest BCUT2D eigenvalue weighted by Crippen LogP contribution is -1.95. The molecule has 0 atom stereocenters. The molecular formula is C10H8BrNO3. The molecule has 2 rings (SSSR count). The molecular weight excluding hydrogens is 262 g/mol. The number of carboxylic acids is 1. The number of H-pyrrole nitrogens is 1. The molecule has 0 saturated heterocycles. The summed E-state index contributed by atoms with van der Waals surface area (Å²) >= 11 is 3.35. The zero-order chi connectivity index (χ0) is 11.0. The van der Waals surface area contributed by atoms with Crippen molar-refractivity contribution in [3.63, 3.8) is 0 Å². The Kier molecular flexibility index (Phi) is 2.40. The first-order valence-corrected chi connectivity index (χ1v) is 5.01. The second-order valence-corrected chi connectivity index (χ2v) is 3.88. The van der Waals surface area contributed by atoms with Gasteiger partial charge in [-0.2, -0.15) is 0 Å². The number of carbonyl (C=O) groups is 1. The average molecular weight is 270 g/mol. The highest BCUT2D eigenvalue weighted by Crippen LogP contribution is 2.31. The van der Waals surface area contributed by atoms with E-state index in [4.69, 9.17) is 9.84 Å². The van der Waals surface area contributed by atoms with Gasteiger partial charge in [0.05, 0.1) is 12.6 Å². The van der Waals surface area contributed by atoms with Crippen LogP contribution in [0.5, 0.6) is 5.75 Å². The summed E-state index contributed by atoms with van der Waals surface area (Å²) in [6.07, 6.45) is 0. The third kappa shape index (κ3) is 1.59. The van der Waals surface area contributed by atoms with Crippen molar-refractivity contribution in [3.05, 3.63) is 28.4 Å². The smallest absolute Gasteiger partial charge is 0.352 e. The molecule has 0 aliphatic rings. The molecule has 0 amide bonds. The average Bonchev–Trinajstić information content (AvgIpc) is 2.64. The van der Waals surface area contributed by atoms with Crippen LogP contribution in [0.3, 0.4) is 0 Å². The van der Waals surface area contributed by atoms with Crippen molar-refractivity contribution in [1.82, 2.24) is 4.98 Å². The number of aromatic nitrogens is 1. The van der Waals surface area contributed by atoms with Crippen LogP contribution in [0.1, 0.15) is 10.5 Å². The third-order valence-corrected chi connectivity index (χ3v) is 2.84. The molecule has 0 spiro atoms. The van der Waals surface area contributed by atoms with E-state index in [-0.39, 0.29) is 5.69 Å². The number of nitrogens with one attached hydrogen (secondary N) is 1. The predicted octanol–water partition coefficient (Wildman–Crippen LogP) is 2.64. The van der Waals surface area contributed by atoms with E-state index in [1.165, 1.54) is 0 Å². The number of fused-ring (bicyclic) bond motifs is 1. The van der Waals surface area contributed by atoms with Crippen molar-refractivity contribution in [1.29, 1.82) is 0 Å². The number of hydrogen-bond donors (Lipinski definition) is 2. The lowest BCUT2D eigenvalue weighted by Gasteiger charge is -2.01. The number of halogens is 1. The van der Waals surface area contributed by atoms with Crippen LogP contribution < -0.4 is 4.74 Å². The number of aromatic amines is 1. The summed E-state index contributed by atoms with van der Waals surface area (Å²) < 4.78 is 5.97. The van der Waals surface area contributed by atoms with E-state index >= 15 is 0 Å². The van der Waals surface area contributed by atoms with Gasteiger partial charge < -0.3 is 14.8 Å². The Morgan fingerprint density at radius 3 is 2.87 bits per heavy atom. The molecule has 1 aromatic heterocycles. The summed E-state index contributed by atoms with van der Waals surface area (Å²) in [4.78, 5) is 13.6. The molecule has 1 heterocycles. The van der Waals surface area contributed by atoms with E-state index in [0.29, 0.717) is 11.3 Å². The SMILES string of the molecule is COc1ccc(Br)c2cc(C(=O)O)[nH]c12. The predicted molar refractivity (Wildman–Crippen MR) is 59.5 cm³/mol. The minimum Gasteiger partial charge on any atom is -0.495 e. The summed E-state index contributed by atoms with van der Waals surface area (Å²) in [6, 6.07) is 5.17. The second-order valence-electron chi connectivity index (χ2n) is 3.03. The van der Waals surface area contributed by atoms with Gasteiger partial charge in [0, 0.05) is 9.86 Å². The van der Waals surface area contributed by atoms with Gasteiger partial charge in [0.1, 0.15) is 11.4 Å². The lowest BCUT2D eigenvalue weighted by atomic mass is 10.2. The molecule has 0 aliphatic carbocycles. The van der Waals surface area contributed by atoms with Gasteiger partial charge >= 0.3 is 5.97 Å². The Hall–Kier alpha value is -1.49. The van der Waals surface area contributed by atoms with Crippen LogP contribution in [-0.2, 0) is 0 Å². The van der Waals surface area contributed by atoms with Crippen LogP contribution in [0.25, 0.3) is 10.9 Å². The summed E-state index contributed by atoms with van der Waals surface area (Å²) in [7, 11) is 1.55. The monoisotopic (exact) mass is 269 g/mol. The number of methoxy groups -OCH3 is 1. The Bertz CT molecular complexity index is 533. The third-order valence-electron chi connectivity index (χ3n) is 2.15. The highest BCUT2D eigenvalue weighted by atomic mass is 79.9. The van der Waals surface area contributed by atoms with Crippen molar-refractivity contribution in [2.45, 2.75) is 0 Å². The number of benzene rings is 1. The van der Waals surface area contributed by atoms with E-state index in [1.807, 2.05) is 6.07 Å². The van der Waals surface area contributed by atoms with Crippen LogP contribution in [0.2, 0.25) is 0 Å². The molecule has 78 valence electrons. The van der Waals surface area contributed by atoms with Gasteiger partial charge in [-0.25, -0.2) is 4.79 Å². The highest BCUT2D eigenvalue weighted by molar-refractivity contribution is 9.10. The van der Waals surface area contributed by atoms with Crippen LogP contribution in [0.4, 0.5) is 0 Å². The minimum absolute atomic E-state index is 0.148. The summed E-state index contributed by atoms with van der Waals surface area (Å²) in [5.41, 5.74) is 0.833. The van der Waals surface area contributed by atoms with Gasteiger partial charge in [-0.15, -0.1) is 0 Å². The summed E-state index contributed by atoms with van der Waals surface area (Å²) in [5.74, 6) is -0.360. The second kappa shape index (κ2) is 3.58. The number of hydrogen-bond acceptors (Lipinski definition) is 2. The van der Waals surface area contributed by atoms with E-state index in [2.05, 4.69) is 20.9 Å². The largest absolute Gasteiger partial charge is 0.495 e. The van der Waals surface area contributed by atoms with E-state index in [0.717, 1.165) is 9.86 Å². The molecule has 5 heteroatoms. The number of ether oxygens (including phenoxy) is 1. The van der Waals surface area contributed by atoms with Crippen molar-refractivity contribution < 1.29 is 14.6 Å². The first kappa shape index (κ1) is 10.0. The molecule has 0 bridgehead atoms. The van der Waals surface area contributed by atoms with Crippen LogP contribution >= 0.6 is 15.9 Å². The molecule has 0 aliphatic heterocycles. The van der Waals surface area contributed by atoms with Gasteiger partial charge in [-0.05, 0) is 18.2 Å². The zero-order valence-corrected chi connectivity index (χ0v) is 9.46. The Morgan fingerprint density at radius 1 is 1.53 bits per heavy atom. The van der Waals surface area contributed by atoms with Crippen LogP contribution in [0, 0.1) is 0 Å². The number of rotatable bonds is 2. The fourth-order valence-corrected chi connectivity index (χ4v) is 1.89. The Labute approximate surface area is 94.0 Å². The first-order chi connectivity index (χ1) is 7.13. The van der Waals surface area contributed by atoms with E-state index < -0.39 is 5.97 Å². The highest BCUT2D eigenvalue weighted by Gasteiger charge is 2.12. The number of carboxylic acid groups (broad SMARTS) is 1. The van der Waals surface area contributed by atoms with E-state index in [9.17, 15) is 4.79 Å². The van der Waals surface area contributed by atoms with E-state index in [1.54, 1.807) is 19.2 Å². The van der Waals surface area contributed by atoms with Crippen molar-refractivity contribution in [3.8, 4) is 5.75 Å². The molecule has 0 fully saturated rings. The Morgan fingerprint density at radius 2 is 2.27 bits per heavy atom. The van der Waals surface area contributed by atoms with Crippen molar-refractivity contribution in [2.24, 2.45) is 0 Å². The standard InChI is InChI=1S/C10H8BrNO3/c1-15-8-3-2-6(11)5-4-7(10(13)14)12-9(5)8/h2-4,12H,1H3,(H,13,14). The van der Waals surface area contributed by atoms with Gasteiger partial charge in [-0.1, -0.05) is 15.9 Å². The van der Waals surface area contributed by atoms with Gasteiger partial charge in [0.2, 0.25) is 0 Å². The van der Waals surface area contributed by atoms with Gasteiger partial charge in [0.25, 0.3) is 0 Å². The maximum atomic E-state index is 10.8. The molecule has 1 aromatic carbocycles. The zero-order valence-electron chi connectivity index (χ0n) is 7.87. The molecule has 2 N–H and O–H groups in total. The topological polar surface area (TPSA) is 62.3 Å². The fourth-order valence-electron chi connectivity index (χ4n) is 1.44. The van der Waals surface area contributed by atoms with Gasteiger partial charge in [0.15, 0.2) is 0 Å². The Balaban J connectivity index is 2.77. The molecule has 2 aromatic rings. The first-order valence-electron chi connectivity index (χ1n) is 4.22. The maximum absolute atomic E-state index is 10.8. The van der Waals surface area contributed by atoms with Crippen molar-refractivity contribution >= 4 is 32.8 Å². The van der Waals surface area contributed by atoms with Crippen molar-refractivity contribution in [2.75, 3.05) is 7.11 Å². The molecule has 0 unspecified atom stereocenters. The van der Waals surface area contributed by atoms with Crippen LogP contribution in [-0.4, -0.2) is 23.2 Å². The summed E-state index contributed by atoms with van der Waals surface area (Å²) in [5, 5.41) is 9.65. The number of aromatic carboxylic acids is 1. The molecule has 15 heavy (non-hydrogen) atoms. The molecule has 0 radical (unpaired) electrons. The lowest BCUT2D eigenvalue weighted by molar-refractivity contribution is 0.0691. The summed E-state index contributed by atoms with van der Waals surface area (Å²) in [6.45, 7) is 0. The minimum atomic E-state index is -0.986. The van der Waals surface area contributed by atoms with Crippen LogP contribution in [0.15, 0.2) is 22.7 Å². The van der Waals surface area contributed by atoms with Gasteiger partial charge in [-0.3, -0.25) is 0 Å². The molecule has 4 nitrogen and oxygen atoms in total.